The van der Waals surface area contributed by atoms with Crippen LogP contribution in [0.1, 0.15) is 31.7 Å². The quantitative estimate of drug-likeness (QED) is 0.900. The Morgan fingerprint density at radius 2 is 1.95 bits per heavy atom. The standard InChI is InChI=1S/C17H21NO3/c1-12-9-14(19)7-8-16(12)17(21)18-11-15(20)10-13-5-3-2-4-6-13/h2-6,12,16H,7-11H2,1H3,(H,18,21)/t12-,16+/m0/s1. The smallest absolute Gasteiger partial charge is 0.223 e. The second-order valence-electron chi connectivity index (χ2n) is 5.78. The molecule has 21 heavy (non-hydrogen) atoms. The highest BCUT2D eigenvalue weighted by Crippen LogP contribution is 2.27. The van der Waals surface area contributed by atoms with Crippen LogP contribution in [0.5, 0.6) is 0 Å². The van der Waals surface area contributed by atoms with Crippen LogP contribution in [0, 0.1) is 11.8 Å². The van der Waals surface area contributed by atoms with E-state index in [0.717, 1.165) is 5.56 Å². The Morgan fingerprint density at radius 1 is 1.24 bits per heavy atom. The maximum atomic E-state index is 12.1. The van der Waals surface area contributed by atoms with Gasteiger partial charge in [-0.25, -0.2) is 0 Å². The van der Waals surface area contributed by atoms with Gasteiger partial charge in [-0.2, -0.15) is 0 Å². The molecule has 0 aromatic heterocycles. The summed E-state index contributed by atoms with van der Waals surface area (Å²) in [4.78, 5) is 35.3. The third kappa shape index (κ3) is 4.52. The Labute approximate surface area is 124 Å². The van der Waals surface area contributed by atoms with E-state index in [4.69, 9.17) is 0 Å². The third-order valence-corrected chi connectivity index (χ3v) is 4.01. The summed E-state index contributed by atoms with van der Waals surface area (Å²) in [6.45, 7) is 1.98. The van der Waals surface area contributed by atoms with Gasteiger partial charge < -0.3 is 5.32 Å². The Kier molecular flexibility index (Phi) is 5.26. The summed E-state index contributed by atoms with van der Waals surface area (Å²) in [6.07, 6.45) is 1.87. The molecule has 1 aliphatic carbocycles. The van der Waals surface area contributed by atoms with E-state index in [1.807, 2.05) is 37.3 Å². The first-order valence-corrected chi connectivity index (χ1v) is 7.41. The van der Waals surface area contributed by atoms with Crippen molar-refractivity contribution in [3.63, 3.8) is 0 Å². The average Bonchev–Trinajstić information content (AvgIpc) is 2.46. The first kappa shape index (κ1) is 15.4. The minimum Gasteiger partial charge on any atom is -0.349 e. The molecule has 2 atom stereocenters. The van der Waals surface area contributed by atoms with E-state index >= 15 is 0 Å². The van der Waals surface area contributed by atoms with Gasteiger partial charge in [0.25, 0.3) is 0 Å². The van der Waals surface area contributed by atoms with Gasteiger partial charge in [0.15, 0.2) is 5.78 Å². The third-order valence-electron chi connectivity index (χ3n) is 4.01. The van der Waals surface area contributed by atoms with E-state index in [1.54, 1.807) is 0 Å². The molecule has 0 saturated heterocycles. The van der Waals surface area contributed by atoms with Crippen molar-refractivity contribution in [1.82, 2.24) is 5.32 Å². The SMILES string of the molecule is C[C@H]1CC(=O)CC[C@H]1C(=O)NCC(=O)Cc1ccccc1. The molecule has 1 fully saturated rings. The Bertz CT molecular complexity index is 524. The highest BCUT2D eigenvalue weighted by atomic mass is 16.2. The van der Waals surface area contributed by atoms with Crippen molar-refractivity contribution in [2.45, 2.75) is 32.6 Å². The highest BCUT2D eigenvalue weighted by molar-refractivity contribution is 5.89. The van der Waals surface area contributed by atoms with Crippen LogP contribution in [-0.4, -0.2) is 24.0 Å². The highest BCUT2D eigenvalue weighted by Gasteiger charge is 2.31. The normalized spacial score (nSPS) is 21.9. The number of carbonyl (C=O) groups excluding carboxylic acids is 3. The number of rotatable bonds is 5. The van der Waals surface area contributed by atoms with Crippen LogP contribution in [0.2, 0.25) is 0 Å². The van der Waals surface area contributed by atoms with Crippen molar-refractivity contribution in [1.29, 1.82) is 0 Å². The van der Waals surface area contributed by atoms with Gasteiger partial charge in [-0.3, -0.25) is 14.4 Å². The first-order valence-electron chi connectivity index (χ1n) is 7.41. The van der Waals surface area contributed by atoms with Crippen LogP contribution in [-0.2, 0) is 20.8 Å². The molecule has 0 radical (unpaired) electrons. The first-order chi connectivity index (χ1) is 10.1. The summed E-state index contributed by atoms with van der Waals surface area (Å²) in [5.74, 6) is 0.0416. The summed E-state index contributed by atoms with van der Waals surface area (Å²) >= 11 is 0. The lowest BCUT2D eigenvalue weighted by Crippen LogP contribution is -2.40. The molecular weight excluding hydrogens is 266 g/mol. The van der Waals surface area contributed by atoms with Gasteiger partial charge in [-0.05, 0) is 17.9 Å². The van der Waals surface area contributed by atoms with Gasteiger partial charge >= 0.3 is 0 Å². The number of hydrogen-bond acceptors (Lipinski definition) is 3. The van der Waals surface area contributed by atoms with Crippen molar-refractivity contribution >= 4 is 17.5 Å². The summed E-state index contributed by atoms with van der Waals surface area (Å²) < 4.78 is 0. The van der Waals surface area contributed by atoms with E-state index in [2.05, 4.69) is 5.32 Å². The molecule has 1 aromatic carbocycles. The molecule has 4 nitrogen and oxygen atoms in total. The molecule has 1 aromatic rings. The number of ketones is 2. The number of nitrogens with one attached hydrogen (secondary N) is 1. The molecule has 0 heterocycles. The molecule has 0 unspecified atom stereocenters. The second kappa shape index (κ2) is 7.16. The van der Waals surface area contributed by atoms with Gasteiger partial charge in [0.1, 0.15) is 5.78 Å². The van der Waals surface area contributed by atoms with E-state index in [9.17, 15) is 14.4 Å². The van der Waals surface area contributed by atoms with Gasteiger partial charge in [-0.15, -0.1) is 0 Å². The minimum absolute atomic E-state index is 0.00547. The minimum atomic E-state index is -0.146. The van der Waals surface area contributed by atoms with E-state index in [1.165, 1.54) is 0 Å². The lowest BCUT2D eigenvalue weighted by Gasteiger charge is -2.26. The molecule has 0 spiro atoms. The molecule has 1 aliphatic rings. The summed E-state index contributed by atoms with van der Waals surface area (Å²) in [6, 6.07) is 9.48. The van der Waals surface area contributed by atoms with Crippen molar-refractivity contribution in [3.05, 3.63) is 35.9 Å². The van der Waals surface area contributed by atoms with Crippen molar-refractivity contribution in [2.24, 2.45) is 11.8 Å². The fourth-order valence-electron chi connectivity index (χ4n) is 2.80. The summed E-state index contributed by atoms with van der Waals surface area (Å²) in [7, 11) is 0. The van der Waals surface area contributed by atoms with Crippen LogP contribution < -0.4 is 5.32 Å². The van der Waals surface area contributed by atoms with Gasteiger partial charge in [0.2, 0.25) is 5.91 Å². The van der Waals surface area contributed by atoms with Crippen molar-refractivity contribution in [3.8, 4) is 0 Å². The number of Topliss-reactive ketones (excluding diaryl/α,β-unsaturated/α-hetero) is 2. The van der Waals surface area contributed by atoms with Crippen LogP contribution in [0.4, 0.5) is 0 Å². The molecular formula is C17H21NO3. The second-order valence-corrected chi connectivity index (χ2v) is 5.78. The largest absolute Gasteiger partial charge is 0.349 e. The predicted octanol–water partition coefficient (Wildman–Crippen LogP) is 1.92. The fraction of sp³-hybridized carbons (Fsp3) is 0.471. The maximum absolute atomic E-state index is 12.1. The fourth-order valence-corrected chi connectivity index (χ4v) is 2.80. The summed E-state index contributed by atoms with van der Waals surface area (Å²) in [5, 5.41) is 2.72. The number of benzene rings is 1. The number of carbonyl (C=O) groups is 3. The molecule has 0 bridgehead atoms. The Hall–Kier alpha value is -1.97. The zero-order valence-corrected chi connectivity index (χ0v) is 12.3. The van der Waals surface area contributed by atoms with Crippen molar-refractivity contribution < 1.29 is 14.4 Å². The van der Waals surface area contributed by atoms with Crippen LogP contribution in [0.15, 0.2) is 30.3 Å². The Morgan fingerprint density at radius 3 is 2.62 bits per heavy atom. The predicted molar refractivity (Wildman–Crippen MR) is 79.7 cm³/mol. The average molecular weight is 287 g/mol. The van der Waals surface area contributed by atoms with Crippen LogP contribution >= 0.6 is 0 Å². The summed E-state index contributed by atoms with van der Waals surface area (Å²) in [5.41, 5.74) is 0.952. The maximum Gasteiger partial charge on any atom is 0.223 e. The number of amides is 1. The van der Waals surface area contributed by atoms with Gasteiger partial charge in [0.05, 0.1) is 6.54 Å². The topological polar surface area (TPSA) is 63.2 Å². The zero-order chi connectivity index (χ0) is 15.2. The molecule has 2 rings (SSSR count). The van der Waals surface area contributed by atoms with Crippen molar-refractivity contribution in [2.75, 3.05) is 6.54 Å². The van der Waals surface area contributed by atoms with Crippen LogP contribution in [0.3, 0.4) is 0 Å². The van der Waals surface area contributed by atoms with Gasteiger partial charge in [0, 0.05) is 25.2 Å². The van der Waals surface area contributed by atoms with Crippen LogP contribution in [0.25, 0.3) is 0 Å². The monoisotopic (exact) mass is 287 g/mol. The molecule has 0 aliphatic heterocycles. The Balaban J connectivity index is 1.78. The lowest BCUT2D eigenvalue weighted by atomic mass is 9.79. The molecule has 1 saturated carbocycles. The van der Waals surface area contributed by atoms with E-state index in [0.29, 0.717) is 25.7 Å². The molecule has 112 valence electrons. The number of hydrogen-bond donors (Lipinski definition) is 1. The molecule has 1 N–H and O–H groups in total. The van der Waals surface area contributed by atoms with E-state index in [-0.39, 0.29) is 35.9 Å². The van der Waals surface area contributed by atoms with E-state index < -0.39 is 0 Å². The van der Waals surface area contributed by atoms with Gasteiger partial charge in [-0.1, -0.05) is 37.3 Å². The lowest BCUT2D eigenvalue weighted by molar-refractivity contribution is -0.132. The zero-order valence-electron chi connectivity index (χ0n) is 12.3. The molecule has 1 amide bonds. The molecule has 4 heteroatoms.